The van der Waals surface area contributed by atoms with Gasteiger partial charge in [-0.05, 0) is 19.1 Å². The van der Waals surface area contributed by atoms with Gasteiger partial charge in [-0.15, -0.1) is 0 Å². The first-order chi connectivity index (χ1) is 8.59. The lowest BCUT2D eigenvalue weighted by atomic mass is 10.1. The van der Waals surface area contributed by atoms with Gasteiger partial charge in [-0.25, -0.2) is 0 Å². The fourth-order valence-corrected chi connectivity index (χ4v) is 2.49. The Hall–Kier alpha value is -1.51. The number of nitrogens with zero attached hydrogens (tertiary/aromatic N) is 2. The normalized spacial score (nSPS) is 20.3. The van der Waals surface area contributed by atoms with Crippen molar-refractivity contribution in [2.75, 3.05) is 24.5 Å². The van der Waals surface area contributed by atoms with Gasteiger partial charge in [0, 0.05) is 37.3 Å². The van der Waals surface area contributed by atoms with Crippen LogP contribution in [0.1, 0.15) is 20.8 Å². The SMILES string of the molecule is CC(C)C(=O)N1CCN(c2ccccc2)CC1C. The van der Waals surface area contributed by atoms with Crippen molar-refractivity contribution in [3.05, 3.63) is 30.3 Å². The highest BCUT2D eigenvalue weighted by molar-refractivity contribution is 5.78. The van der Waals surface area contributed by atoms with Gasteiger partial charge in [0.15, 0.2) is 0 Å². The summed E-state index contributed by atoms with van der Waals surface area (Å²) < 4.78 is 0. The van der Waals surface area contributed by atoms with E-state index < -0.39 is 0 Å². The van der Waals surface area contributed by atoms with Crippen molar-refractivity contribution in [3.63, 3.8) is 0 Å². The maximum Gasteiger partial charge on any atom is 0.225 e. The molecule has 3 nitrogen and oxygen atoms in total. The Morgan fingerprint density at radius 2 is 1.89 bits per heavy atom. The maximum atomic E-state index is 12.1. The summed E-state index contributed by atoms with van der Waals surface area (Å²) in [5, 5.41) is 0. The summed E-state index contributed by atoms with van der Waals surface area (Å²) in [6, 6.07) is 10.7. The van der Waals surface area contributed by atoms with Gasteiger partial charge in [-0.1, -0.05) is 32.0 Å². The Bertz CT molecular complexity index is 402. The number of carbonyl (C=O) groups is 1. The monoisotopic (exact) mass is 246 g/mol. The Kier molecular flexibility index (Phi) is 3.90. The molecule has 0 spiro atoms. The molecule has 3 heteroatoms. The van der Waals surface area contributed by atoms with Crippen LogP contribution in [0.5, 0.6) is 0 Å². The lowest BCUT2D eigenvalue weighted by Gasteiger charge is -2.41. The van der Waals surface area contributed by atoms with Crippen molar-refractivity contribution in [1.29, 1.82) is 0 Å². The fraction of sp³-hybridized carbons (Fsp3) is 0.533. The zero-order valence-corrected chi connectivity index (χ0v) is 11.5. The van der Waals surface area contributed by atoms with Gasteiger partial charge in [0.25, 0.3) is 0 Å². The molecule has 1 atom stereocenters. The van der Waals surface area contributed by atoms with Crippen LogP contribution in [0, 0.1) is 5.92 Å². The first kappa shape index (κ1) is 12.9. The molecule has 1 amide bonds. The topological polar surface area (TPSA) is 23.6 Å². The van der Waals surface area contributed by atoms with Crippen molar-refractivity contribution in [2.45, 2.75) is 26.8 Å². The predicted molar refractivity (Wildman–Crippen MR) is 74.7 cm³/mol. The number of carbonyl (C=O) groups excluding carboxylic acids is 1. The molecule has 2 rings (SSSR count). The zero-order chi connectivity index (χ0) is 13.1. The lowest BCUT2D eigenvalue weighted by molar-refractivity contribution is -0.136. The Labute approximate surface area is 109 Å². The minimum Gasteiger partial charge on any atom is -0.368 e. The van der Waals surface area contributed by atoms with E-state index in [4.69, 9.17) is 0 Å². The molecule has 0 aliphatic carbocycles. The fourth-order valence-electron chi connectivity index (χ4n) is 2.49. The highest BCUT2D eigenvalue weighted by atomic mass is 16.2. The van der Waals surface area contributed by atoms with Crippen LogP contribution in [0.15, 0.2) is 30.3 Å². The van der Waals surface area contributed by atoms with Crippen molar-refractivity contribution in [1.82, 2.24) is 4.90 Å². The van der Waals surface area contributed by atoms with Crippen LogP contribution in [0.25, 0.3) is 0 Å². The molecule has 0 radical (unpaired) electrons. The molecule has 1 aliphatic heterocycles. The minimum atomic E-state index is 0.0933. The van der Waals surface area contributed by atoms with Crippen LogP contribution < -0.4 is 4.90 Å². The number of amides is 1. The predicted octanol–water partition coefficient (Wildman–Crippen LogP) is 2.38. The van der Waals surface area contributed by atoms with Crippen LogP contribution >= 0.6 is 0 Å². The summed E-state index contributed by atoms with van der Waals surface area (Å²) in [5.74, 6) is 0.367. The quantitative estimate of drug-likeness (QED) is 0.800. The summed E-state index contributed by atoms with van der Waals surface area (Å²) in [5.41, 5.74) is 1.25. The third-order valence-corrected chi connectivity index (χ3v) is 3.53. The summed E-state index contributed by atoms with van der Waals surface area (Å²) >= 11 is 0. The maximum absolute atomic E-state index is 12.1. The number of rotatable bonds is 2. The Morgan fingerprint density at radius 1 is 1.22 bits per heavy atom. The molecule has 1 aromatic carbocycles. The number of hydrogen-bond acceptors (Lipinski definition) is 2. The van der Waals surface area contributed by atoms with E-state index in [1.54, 1.807) is 0 Å². The molecular weight excluding hydrogens is 224 g/mol. The van der Waals surface area contributed by atoms with Gasteiger partial charge in [0.2, 0.25) is 5.91 Å². The van der Waals surface area contributed by atoms with Crippen LogP contribution in [0.4, 0.5) is 5.69 Å². The average Bonchev–Trinajstić information content (AvgIpc) is 2.38. The van der Waals surface area contributed by atoms with Gasteiger partial charge >= 0.3 is 0 Å². The number of para-hydroxylation sites is 1. The second kappa shape index (κ2) is 5.42. The molecule has 18 heavy (non-hydrogen) atoms. The third-order valence-electron chi connectivity index (χ3n) is 3.53. The second-order valence-corrected chi connectivity index (χ2v) is 5.32. The molecule has 1 heterocycles. The van der Waals surface area contributed by atoms with Crippen LogP contribution in [0.2, 0.25) is 0 Å². The van der Waals surface area contributed by atoms with E-state index in [0.717, 1.165) is 19.6 Å². The van der Waals surface area contributed by atoms with E-state index in [9.17, 15) is 4.79 Å². The standard InChI is InChI=1S/C15H22N2O/c1-12(2)15(18)17-10-9-16(11-13(17)3)14-7-5-4-6-8-14/h4-8,12-13H,9-11H2,1-3H3. The highest BCUT2D eigenvalue weighted by Gasteiger charge is 2.28. The summed E-state index contributed by atoms with van der Waals surface area (Å²) in [7, 11) is 0. The molecule has 1 unspecified atom stereocenters. The molecule has 1 saturated heterocycles. The average molecular weight is 246 g/mol. The van der Waals surface area contributed by atoms with Gasteiger partial charge in [-0.2, -0.15) is 0 Å². The molecule has 98 valence electrons. The van der Waals surface area contributed by atoms with E-state index in [1.807, 2.05) is 24.8 Å². The first-order valence-electron chi connectivity index (χ1n) is 6.70. The van der Waals surface area contributed by atoms with E-state index in [2.05, 4.69) is 36.1 Å². The van der Waals surface area contributed by atoms with Crippen molar-refractivity contribution >= 4 is 11.6 Å². The largest absolute Gasteiger partial charge is 0.368 e. The van der Waals surface area contributed by atoms with Gasteiger partial charge < -0.3 is 9.80 Å². The molecule has 0 aromatic heterocycles. The molecule has 1 aliphatic rings. The zero-order valence-electron chi connectivity index (χ0n) is 11.5. The number of piperazine rings is 1. The van der Waals surface area contributed by atoms with Crippen molar-refractivity contribution in [3.8, 4) is 0 Å². The molecular formula is C15H22N2O. The van der Waals surface area contributed by atoms with Crippen molar-refractivity contribution in [2.24, 2.45) is 5.92 Å². The summed E-state index contributed by atoms with van der Waals surface area (Å²) in [6.07, 6.45) is 0. The number of hydrogen-bond donors (Lipinski definition) is 0. The molecule has 1 aromatic rings. The van der Waals surface area contributed by atoms with E-state index >= 15 is 0 Å². The van der Waals surface area contributed by atoms with Crippen LogP contribution in [-0.2, 0) is 4.79 Å². The summed E-state index contributed by atoms with van der Waals surface area (Å²) in [6.45, 7) is 8.75. The molecule has 0 N–H and O–H groups in total. The van der Waals surface area contributed by atoms with E-state index in [1.165, 1.54) is 5.69 Å². The van der Waals surface area contributed by atoms with Crippen molar-refractivity contribution < 1.29 is 4.79 Å². The van der Waals surface area contributed by atoms with Crippen LogP contribution in [0.3, 0.4) is 0 Å². The Balaban J connectivity index is 2.03. The lowest BCUT2D eigenvalue weighted by Crippen LogP contribution is -2.55. The highest BCUT2D eigenvalue weighted by Crippen LogP contribution is 2.19. The minimum absolute atomic E-state index is 0.0933. The Morgan fingerprint density at radius 3 is 2.44 bits per heavy atom. The third kappa shape index (κ3) is 2.66. The number of benzene rings is 1. The van der Waals surface area contributed by atoms with Crippen LogP contribution in [-0.4, -0.2) is 36.5 Å². The van der Waals surface area contributed by atoms with E-state index in [0.29, 0.717) is 0 Å². The van der Waals surface area contributed by atoms with Gasteiger partial charge in [0.1, 0.15) is 0 Å². The van der Waals surface area contributed by atoms with E-state index in [-0.39, 0.29) is 17.9 Å². The number of anilines is 1. The first-order valence-corrected chi connectivity index (χ1v) is 6.70. The van der Waals surface area contributed by atoms with Gasteiger partial charge in [-0.3, -0.25) is 4.79 Å². The molecule has 0 bridgehead atoms. The molecule has 0 saturated carbocycles. The smallest absolute Gasteiger partial charge is 0.225 e. The second-order valence-electron chi connectivity index (χ2n) is 5.32. The molecule has 1 fully saturated rings. The summed E-state index contributed by atoms with van der Waals surface area (Å²) in [4.78, 5) is 16.4. The van der Waals surface area contributed by atoms with Gasteiger partial charge in [0.05, 0.1) is 0 Å².